The van der Waals surface area contributed by atoms with Crippen LogP contribution in [0.3, 0.4) is 0 Å². The van der Waals surface area contributed by atoms with Gasteiger partial charge in [-0.2, -0.15) is 5.10 Å². The molecule has 0 unspecified atom stereocenters. The maximum absolute atomic E-state index is 12.7. The largest absolute Gasteiger partial charge is 0.323 e. The van der Waals surface area contributed by atoms with Crippen LogP contribution in [0.5, 0.6) is 0 Å². The average molecular weight is 353 g/mol. The number of aromatic amines is 1. The number of fused-ring (bicyclic) bond motifs is 1. The summed E-state index contributed by atoms with van der Waals surface area (Å²) in [6.45, 7) is 1.66. The number of para-hydroxylation sites is 3. The molecule has 126 valence electrons. The van der Waals surface area contributed by atoms with Crippen LogP contribution < -0.4 is 4.72 Å². The highest BCUT2D eigenvalue weighted by Gasteiger charge is 2.22. The number of hydrogen-bond donors (Lipinski definition) is 2. The standard InChI is InChI=1S/C17H15N5O2S/c1-12-16(11-22(20-12)13-7-3-2-4-8-13)25(23,24)21-17-18-14-9-5-6-10-15(14)19-17/h2-11H,1H3,(H2,18,19,21). The topological polar surface area (TPSA) is 92.7 Å². The summed E-state index contributed by atoms with van der Waals surface area (Å²) in [5, 5.41) is 4.30. The summed E-state index contributed by atoms with van der Waals surface area (Å²) in [6, 6.07) is 16.7. The van der Waals surface area contributed by atoms with Crippen LogP contribution >= 0.6 is 0 Å². The Morgan fingerprint density at radius 2 is 1.76 bits per heavy atom. The Kier molecular flexibility index (Phi) is 3.54. The minimum absolute atomic E-state index is 0.108. The van der Waals surface area contributed by atoms with Crippen molar-refractivity contribution < 1.29 is 8.42 Å². The van der Waals surface area contributed by atoms with Gasteiger partial charge in [-0.25, -0.2) is 22.8 Å². The van der Waals surface area contributed by atoms with E-state index in [1.54, 1.807) is 11.6 Å². The van der Waals surface area contributed by atoms with Gasteiger partial charge in [0.25, 0.3) is 10.0 Å². The number of nitrogens with one attached hydrogen (secondary N) is 2. The van der Waals surface area contributed by atoms with Gasteiger partial charge in [0.15, 0.2) is 0 Å². The van der Waals surface area contributed by atoms with Crippen molar-refractivity contribution in [2.45, 2.75) is 11.8 Å². The lowest BCUT2D eigenvalue weighted by Crippen LogP contribution is -2.14. The molecule has 0 aliphatic heterocycles. The molecule has 0 aliphatic carbocycles. The maximum atomic E-state index is 12.7. The number of anilines is 1. The first kappa shape index (κ1) is 15.4. The summed E-state index contributed by atoms with van der Waals surface area (Å²) < 4.78 is 29.5. The molecule has 0 spiro atoms. The monoisotopic (exact) mass is 353 g/mol. The third-order valence-corrected chi connectivity index (χ3v) is 5.23. The first-order valence-electron chi connectivity index (χ1n) is 7.62. The highest BCUT2D eigenvalue weighted by atomic mass is 32.2. The molecule has 7 nitrogen and oxygen atoms in total. The predicted molar refractivity (Wildman–Crippen MR) is 95.2 cm³/mol. The number of nitrogens with zero attached hydrogens (tertiary/aromatic N) is 3. The van der Waals surface area contributed by atoms with E-state index in [9.17, 15) is 8.42 Å². The highest BCUT2D eigenvalue weighted by Crippen LogP contribution is 2.21. The molecule has 4 aromatic rings. The number of imidazole rings is 1. The molecule has 0 amide bonds. The minimum Gasteiger partial charge on any atom is -0.323 e. The zero-order valence-corrected chi connectivity index (χ0v) is 14.2. The molecule has 0 aliphatic rings. The number of rotatable bonds is 4. The van der Waals surface area contributed by atoms with Gasteiger partial charge in [0.1, 0.15) is 4.90 Å². The van der Waals surface area contributed by atoms with E-state index in [0.717, 1.165) is 11.2 Å². The lowest BCUT2D eigenvalue weighted by molar-refractivity contribution is 0.600. The van der Waals surface area contributed by atoms with Crippen molar-refractivity contribution in [2.24, 2.45) is 0 Å². The molecule has 4 rings (SSSR count). The Morgan fingerprint density at radius 3 is 2.52 bits per heavy atom. The molecule has 0 radical (unpaired) electrons. The molecule has 2 N–H and O–H groups in total. The predicted octanol–water partition coefficient (Wildman–Crippen LogP) is 2.86. The van der Waals surface area contributed by atoms with Gasteiger partial charge in [0.05, 0.1) is 28.6 Å². The number of benzene rings is 2. The summed E-state index contributed by atoms with van der Waals surface area (Å²) in [4.78, 5) is 7.30. The normalized spacial score (nSPS) is 11.7. The third kappa shape index (κ3) is 2.87. The molecule has 25 heavy (non-hydrogen) atoms. The molecule has 0 bridgehead atoms. The van der Waals surface area contributed by atoms with Crippen LogP contribution in [0.4, 0.5) is 5.95 Å². The van der Waals surface area contributed by atoms with E-state index in [0.29, 0.717) is 11.2 Å². The fraction of sp³-hybridized carbons (Fsp3) is 0.0588. The first-order chi connectivity index (χ1) is 12.0. The van der Waals surface area contributed by atoms with E-state index in [4.69, 9.17) is 0 Å². The SMILES string of the molecule is Cc1nn(-c2ccccc2)cc1S(=O)(=O)Nc1nc2ccccc2[nH]1. The van der Waals surface area contributed by atoms with Crippen LogP contribution in [0.2, 0.25) is 0 Å². The molecule has 0 saturated heterocycles. The van der Waals surface area contributed by atoms with Gasteiger partial charge in [-0.05, 0) is 31.2 Å². The Morgan fingerprint density at radius 1 is 1.04 bits per heavy atom. The van der Waals surface area contributed by atoms with Crippen molar-refractivity contribution in [3.8, 4) is 5.69 Å². The quantitative estimate of drug-likeness (QED) is 0.590. The number of hydrogen-bond acceptors (Lipinski definition) is 4. The van der Waals surface area contributed by atoms with Gasteiger partial charge in [0.2, 0.25) is 5.95 Å². The van der Waals surface area contributed by atoms with Gasteiger partial charge in [0, 0.05) is 0 Å². The Bertz CT molecular complexity index is 1110. The average Bonchev–Trinajstić information content (AvgIpc) is 3.18. The molecule has 0 saturated carbocycles. The van der Waals surface area contributed by atoms with Crippen molar-refractivity contribution >= 4 is 27.0 Å². The lowest BCUT2D eigenvalue weighted by atomic mass is 10.3. The van der Waals surface area contributed by atoms with E-state index >= 15 is 0 Å². The van der Waals surface area contributed by atoms with Crippen LogP contribution in [0.1, 0.15) is 5.69 Å². The van der Waals surface area contributed by atoms with Gasteiger partial charge in [-0.3, -0.25) is 0 Å². The highest BCUT2D eigenvalue weighted by molar-refractivity contribution is 7.92. The Hall–Kier alpha value is -3.13. The van der Waals surface area contributed by atoms with Crippen molar-refractivity contribution in [2.75, 3.05) is 4.72 Å². The summed E-state index contributed by atoms with van der Waals surface area (Å²) in [6.07, 6.45) is 1.50. The number of aryl methyl sites for hydroxylation is 1. The summed E-state index contributed by atoms with van der Waals surface area (Å²) in [7, 11) is -3.81. The number of sulfonamides is 1. The van der Waals surface area contributed by atoms with Crippen molar-refractivity contribution in [3.63, 3.8) is 0 Å². The van der Waals surface area contributed by atoms with Gasteiger partial charge in [-0.1, -0.05) is 30.3 Å². The van der Waals surface area contributed by atoms with E-state index < -0.39 is 10.0 Å². The maximum Gasteiger partial charge on any atom is 0.267 e. The van der Waals surface area contributed by atoms with Crippen molar-refractivity contribution in [1.29, 1.82) is 0 Å². The molecular weight excluding hydrogens is 338 g/mol. The number of H-pyrrole nitrogens is 1. The second-order valence-corrected chi connectivity index (χ2v) is 7.22. The molecule has 2 aromatic carbocycles. The summed E-state index contributed by atoms with van der Waals surface area (Å²) in [5.74, 6) is 0.174. The fourth-order valence-corrected chi connectivity index (χ4v) is 3.73. The third-order valence-electron chi connectivity index (χ3n) is 3.78. The first-order valence-corrected chi connectivity index (χ1v) is 9.10. The minimum atomic E-state index is -3.81. The fourth-order valence-electron chi connectivity index (χ4n) is 2.60. The van der Waals surface area contributed by atoms with Gasteiger partial charge >= 0.3 is 0 Å². The Labute approximate surface area is 144 Å². The van der Waals surface area contributed by atoms with E-state index in [2.05, 4.69) is 19.8 Å². The van der Waals surface area contributed by atoms with Gasteiger partial charge < -0.3 is 4.98 Å². The van der Waals surface area contributed by atoms with E-state index in [1.807, 2.05) is 54.6 Å². The van der Waals surface area contributed by atoms with E-state index in [1.165, 1.54) is 6.20 Å². The molecular formula is C17H15N5O2S. The van der Waals surface area contributed by atoms with Crippen LogP contribution in [0.25, 0.3) is 16.7 Å². The second kappa shape index (κ2) is 5.75. The summed E-state index contributed by atoms with van der Waals surface area (Å²) >= 11 is 0. The van der Waals surface area contributed by atoms with Crippen molar-refractivity contribution in [3.05, 3.63) is 66.5 Å². The molecule has 8 heteroatoms. The number of aromatic nitrogens is 4. The van der Waals surface area contributed by atoms with Crippen LogP contribution in [-0.4, -0.2) is 28.2 Å². The zero-order chi connectivity index (χ0) is 17.4. The lowest BCUT2D eigenvalue weighted by Gasteiger charge is -2.03. The molecule has 0 atom stereocenters. The van der Waals surface area contributed by atoms with Crippen LogP contribution in [-0.2, 0) is 10.0 Å². The smallest absolute Gasteiger partial charge is 0.267 e. The summed E-state index contributed by atoms with van der Waals surface area (Å²) in [5.41, 5.74) is 2.65. The van der Waals surface area contributed by atoms with Crippen LogP contribution in [0.15, 0.2) is 65.7 Å². The van der Waals surface area contributed by atoms with Crippen molar-refractivity contribution in [1.82, 2.24) is 19.7 Å². The van der Waals surface area contributed by atoms with Gasteiger partial charge in [-0.15, -0.1) is 0 Å². The van der Waals surface area contributed by atoms with Crippen LogP contribution in [0, 0.1) is 6.92 Å². The zero-order valence-electron chi connectivity index (χ0n) is 13.3. The van der Waals surface area contributed by atoms with E-state index in [-0.39, 0.29) is 10.8 Å². The Balaban J connectivity index is 1.69. The molecule has 2 heterocycles. The molecule has 0 fully saturated rings. The molecule has 2 aromatic heterocycles. The second-order valence-electron chi connectivity index (χ2n) is 5.57.